The molecule has 3 rings (SSSR count). The van der Waals surface area contributed by atoms with Crippen LogP contribution in [0.1, 0.15) is 56.9 Å². The molecule has 0 saturated carbocycles. The van der Waals surface area contributed by atoms with Crippen molar-refractivity contribution in [2.45, 2.75) is 72.0 Å². The van der Waals surface area contributed by atoms with Crippen LogP contribution in [0.5, 0.6) is 0 Å². The van der Waals surface area contributed by atoms with Crippen molar-refractivity contribution >= 4 is 29.9 Å². The zero-order chi connectivity index (χ0) is 19.4. The van der Waals surface area contributed by atoms with Gasteiger partial charge in [-0.1, -0.05) is 45.0 Å². The summed E-state index contributed by atoms with van der Waals surface area (Å²) in [7, 11) is 0. The minimum Gasteiger partial charge on any atom is -0.357 e. The highest BCUT2D eigenvalue weighted by Crippen LogP contribution is 2.22. The Morgan fingerprint density at radius 2 is 1.96 bits per heavy atom. The third-order valence-electron chi connectivity index (χ3n) is 4.89. The van der Waals surface area contributed by atoms with Crippen LogP contribution in [0.15, 0.2) is 29.3 Å². The van der Waals surface area contributed by atoms with Crippen LogP contribution >= 0.6 is 24.0 Å². The highest BCUT2D eigenvalue weighted by atomic mass is 127. The summed E-state index contributed by atoms with van der Waals surface area (Å²) >= 11 is 0. The summed E-state index contributed by atoms with van der Waals surface area (Å²) in [6.45, 7) is 13.1. The van der Waals surface area contributed by atoms with Gasteiger partial charge >= 0.3 is 0 Å². The first-order valence-corrected chi connectivity index (χ1v) is 9.89. The number of aryl methyl sites for hydroxylation is 2. The molecule has 1 atom stereocenters. The number of aromatic nitrogens is 3. The molecule has 0 fully saturated rings. The van der Waals surface area contributed by atoms with Gasteiger partial charge in [0.15, 0.2) is 5.96 Å². The van der Waals surface area contributed by atoms with E-state index in [2.05, 4.69) is 72.7 Å². The van der Waals surface area contributed by atoms with Crippen molar-refractivity contribution in [3.05, 3.63) is 47.0 Å². The van der Waals surface area contributed by atoms with Crippen LogP contribution in [0.25, 0.3) is 0 Å². The van der Waals surface area contributed by atoms with E-state index < -0.39 is 0 Å². The van der Waals surface area contributed by atoms with E-state index >= 15 is 0 Å². The molecule has 0 amide bonds. The molecule has 0 aliphatic carbocycles. The number of guanidine groups is 1. The molecule has 2 heterocycles. The van der Waals surface area contributed by atoms with E-state index in [1.165, 1.54) is 11.1 Å². The van der Waals surface area contributed by atoms with Crippen LogP contribution < -0.4 is 10.6 Å². The highest BCUT2D eigenvalue weighted by Gasteiger charge is 2.21. The topological polar surface area (TPSA) is 67.1 Å². The van der Waals surface area contributed by atoms with Crippen LogP contribution in [0, 0.1) is 6.92 Å². The van der Waals surface area contributed by atoms with Gasteiger partial charge in [0.2, 0.25) is 0 Å². The Morgan fingerprint density at radius 3 is 2.61 bits per heavy atom. The zero-order valence-electron chi connectivity index (χ0n) is 17.6. The third kappa shape index (κ3) is 5.93. The molecule has 154 valence electrons. The molecule has 1 aromatic carbocycles. The third-order valence-corrected chi connectivity index (χ3v) is 4.89. The van der Waals surface area contributed by atoms with Crippen LogP contribution in [-0.2, 0) is 24.9 Å². The van der Waals surface area contributed by atoms with E-state index in [4.69, 9.17) is 4.99 Å². The first kappa shape index (κ1) is 22.6. The lowest BCUT2D eigenvalue weighted by Gasteiger charge is -2.25. The van der Waals surface area contributed by atoms with Gasteiger partial charge < -0.3 is 10.6 Å². The number of nitrogens with zero attached hydrogens (tertiary/aromatic N) is 4. The summed E-state index contributed by atoms with van der Waals surface area (Å²) in [5.41, 5.74) is 2.75. The standard InChI is InChI=1S/C21H32N6.HI/c1-6-22-20(23-13-16-7-9-17(10-8-16)21(3,4)5)25-18-11-12-19-24-15(2)26-27(19)14-18;/h7-10,18H,6,11-14H2,1-5H3,(H2,22,23,25);1H. The first-order valence-electron chi connectivity index (χ1n) is 9.89. The monoisotopic (exact) mass is 496 g/mol. The van der Waals surface area contributed by atoms with Crippen molar-refractivity contribution in [3.8, 4) is 0 Å². The zero-order valence-corrected chi connectivity index (χ0v) is 19.9. The largest absolute Gasteiger partial charge is 0.357 e. The lowest BCUT2D eigenvalue weighted by Crippen LogP contribution is -2.47. The fourth-order valence-electron chi connectivity index (χ4n) is 3.35. The summed E-state index contributed by atoms with van der Waals surface area (Å²) in [5.74, 6) is 2.80. The summed E-state index contributed by atoms with van der Waals surface area (Å²) in [6.07, 6.45) is 2.00. The first-order chi connectivity index (χ1) is 12.8. The molecule has 1 aromatic heterocycles. The maximum Gasteiger partial charge on any atom is 0.191 e. The molecule has 0 saturated heterocycles. The molecule has 2 N–H and O–H groups in total. The molecule has 0 radical (unpaired) electrons. The minimum absolute atomic E-state index is 0. The van der Waals surface area contributed by atoms with E-state index in [9.17, 15) is 0 Å². The van der Waals surface area contributed by atoms with Crippen molar-refractivity contribution in [2.24, 2.45) is 4.99 Å². The Hall–Kier alpha value is -1.64. The molecule has 2 aromatic rings. The van der Waals surface area contributed by atoms with Crippen molar-refractivity contribution in [1.29, 1.82) is 0 Å². The lowest BCUT2D eigenvalue weighted by atomic mass is 9.87. The molecule has 0 bridgehead atoms. The molecule has 28 heavy (non-hydrogen) atoms. The van der Waals surface area contributed by atoms with E-state index in [1.807, 2.05) is 11.6 Å². The fraction of sp³-hybridized carbons (Fsp3) is 0.571. The number of rotatable bonds is 4. The lowest BCUT2D eigenvalue weighted by molar-refractivity contribution is 0.392. The average Bonchev–Trinajstić information content (AvgIpc) is 2.99. The number of fused-ring (bicyclic) bond motifs is 1. The van der Waals surface area contributed by atoms with E-state index in [1.54, 1.807) is 0 Å². The van der Waals surface area contributed by atoms with Crippen molar-refractivity contribution < 1.29 is 0 Å². The number of halogens is 1. The fourth-order valence-corrected chi connectivity index (χ4v) is 3.35. The molecular formula is C21H33IN6. The van der Waals surface area contributed by atoms with Gasteiger partial charge in [0.1, 0.15) is 11.6 Å². The average molecular weight is 496 g/mol. The summed E-state index contributed by atoms with van der Waals surface area (Å²) in [5, 5.41) is 11.4. The van der Waals surface area contributed by atoms with Crippen LogP contribution in [-0.4, -0.2) is 33.3 Å². The Balaban J connectivity index is 0.00000280. The normalized spacial score (nSPS) is 16.9. The molecule has 7 heteroatoms. The molecule has 6 nitrogen and oxygen atoms in total. The number of aliphatic imine (C=N–C) groups is 1. The maximum atomic E-state index is 4.78. The number of hydrogen-bond donors (Lipinski definition) is 2. The van der Waals surface area contributed by atoms with Crippen LogP contribution in [0.3, 0.4) is 0 Å². The summed E-state index contributed by atoms with van der Waals surface area (Å²) in [4.78, 5) is 9.26. The van der Waals surface area contributed by atoms with Crippen molar-refractivity contribution in [3.63, 3.8) is 0 Å². The van der Waals surface area contributed by atoms with Gasteiger partial charge in [0, 0.05) is 19.0 Å². The van der Waals surface area contributed by atoms with Gasteiger partial charge in [-0.3, -0.25) is 0 Å². The Morgan fingerprint density at radius 1 is 1.25 bits per heavy atom. The predicted molar refractivity (Wildman–Crippen MR) is 125 cm³/mol. The number of benzene rings is 1. The SMILES string of the molecule is CCNC(=NCc1ccc(C(C)(C)C)cc1)NC1CCc2nc(C)nn2C1.I. The smallest absolute Gasteiger partial charge is 0.191 e. The highest BCUT2D eigenvalue weighted by molar-refractivity contribution is 14.0. The molecule has 1 aliphatic heterocycles. The maximum absolute atomic E-state index is 4.78. The Labute approximate surface area is 185 Å². The number of nitrogens with one attached hydrogen (secondary N) is 2. The van der Waals surface area contributed by atoms with Gasteiger partial charge in [-0.05, 0) is 36.8 Å². The molecular weight excluding hydrogens is 463 g/mol. The summed E-state index contributed by atoms with van der Waals surface area (Å²) in [6, 6.07) is 9.10. The van der Waals surface area contributed by atoms with E-state index in [0.29, 0.717) is 12.6 Å². The molecule has 0 spiro atoms. The Kier molecular flexibility index (Phi) is 7.86. The second-order valence-electron chi connectivity index (χ2n) is 8.28. The van der Waals surface area contributed by atoms with Crippen LogP contribution in [0.4, 0.5) is 0 Å². The van der Waals surface area contributed by atoms with Gasteiger partial charge in [0.05, 0.1) is 13.1 Å². The van der Waals surface area contributed by atoms with Crippen molar-refractivity contribution in [2.75, 3.05) is 6.54 Å². The van der Waals surface area contributed by atoms with Crippen LogP contribution in [0.2, 0.25) is 0 Å². The second-order valence-corrected chi connectivity index (χ2v) is 8.28. The second kappa shape index (κ2) is 9.71. The van der Waals surface area contributed by atoms with Gasteiger partial charge in [-0.15, -0.1) is 24.0 Å². The molecule has 1 unspecified atom stereocenters. The minimum atomic E-state index is 0. The van der Waals surface area contributed by atoms with E-state index in [0.717, 1.165) is 43.5 Å². The van der Waals surface area contributed by atoms with Gasteiger partial charge in [-0.25, -0.2) is 14.7 Å². The van der Waals surface area contributed by atoms with Crippen molar-refractivity contribution in [1.82, 2.24) is 25.4 Å². The number of hydrogen-bond acceptors (Lipinski definition) is 3. The van der Waals surface area contributed by atoms with E-state index in [-0.39, 0.29) is 29.4 Å². The van der Waals surface area contributed by atoms with Gasteiger partial charge in [-0.2, -0.15) is 5.10 Å². The Bertz CT molecular complexity index is 788. The quantitative estimate of drug-likeness (QED) is 0.386. The predicted octanol–water partition coefficient (Wildman–Crippen LogP) is 3.57. The molecule has 1 aliphatic rings. The summed E-state index contributed by atoms with van der Waals surface area (Å²) < 4.78 is 2.02. The van der Waals surface area contributed by atoms with Gasteiger partial charge in [0.25, 0.3) is 0 Å².